The zero-order chi connectivity index (χ0) is 16.2. The van der Waals surface area contributed by atoms with Gasteiger partial charge in [-0.05, 0) is 37.3 Å². The van der Waals surface area contributed by atoms with Crippen LogP contribution in [0.25, 0.3) is 0 Å². The lowest BCUT2D eigenvalue weighted by Crippen LogP contribution is -2.39. The third-order valence-electron chi connectivity index (χ3n) is 4.44. The lowest BCUT2D eigenvalue weighted by Gasteiger charge is -2.29. The number of aromatic nitrogens is 1. The molecule has 1 fully saturated rings. The van der Waals surface area contributed by atoms with Crippen LogP contribution in [0.2, 0.25) is 0 Å². The summed E-state index contributed by atoms with van der Waals surface area (Å²) in [7, 11) is 1.57. The quantitative estimate of drug-likeness (QED) is 0.819. The number of rotatable bonds is 6. The van der Waals surface area contributed by atoms with E-state index in [1.807, 2.05) is 23.1 Å². The van der Waals surface area contributed by atoms with Crippen LogP contribution in [0, 0.1) is 5.92 Å². The van der Waals surface area contributed by atoms with E-state index < -0.39 is 0 Å². The normalized spacial score (nSPS) is 15.0. The standard InChI is InChI=1S/C19H22N2O2/c1-14(16-8-9-16)21(13-15-6-4-3-5-7-15)19(22)17-10-11-18(23-2)20-12-17/h3-7,10-12,14,16H,8-9,13H2,1-2H3. The molecule has 23 heavy (non-hydrogen) atoms. The number of hydrogen-bond donors (Lipinski definition) is 0. The molecule has 0 spiro atoms. The Hall–Kier alpha value is -2.36. The highest BCUT2D eigenvalue weighted by Crippen LogP contribution is 2.36. The van der Waals surface area contributed by atoms with Gasteiger partial charge >= 0.3 is 0 Å². The van der Waals surface area contributed by atoms with Crippen molar-refractivity contribution in [2.75, 3.05) is 7.11 Å². The van der Waals surface area contributed by atoms with Gasteiger partial charge in [-0.1, -0.05) is 30.3 Å². The number of amides is 1. The third kappa shape index (κ3) is 3.70. The Bertz CT molecular complexity index is 651. The maximum atomic E-state index is 13.0. The first-order valence-corrected chi connectivity index (χ1v) is 8.04. The molecule has 4 nitrogen and oxygen atoms in total. The second-order valence-electron chi connectivity index (χ2n) is 6.09. The van der Waals surface area contributed by atoms with Crippen molar-refractivity contribution >= 4 is 5.91 Å². The first-order valence-electron chi connectivity index (χ1n) is 8.04. The highest BCUT2D eigenvalue weighted by molar-refractivity contribution is 5.94. The van der Waals surface area contributed by atoms with Gasteiger partial charge in [0.15, 0.2) is 0 Å². The van der Waals surface area contributed by atoms with Crippen LogP contribution in [-0.2, 0) is 6.54 Å². The zero-order valence-electron chi connectivity index (χ0n) is 13.6. The first kappa shape index (κ1) is 15.5. The molecule has 1 atom stereocenters. The van der Waals surface area contributed by atoms with Crippen molar-refractivity contribution in [1.82, 2.24) is 9.88 Å². The van der Waals surface area contributed by atoms with E-state index in [1.165, 1.54) is 12.8 Å². The summed E-state index contributed by atoms with van der Waals surface area (Å²) >= 11 is 0. The Morgan fingerprint density at radius 3 is 2.57 bits per heavy atom. The predicted octanol–water partition coefficient (Wildman–Crippen LogP) is 3.53. The molecule has 3 rings (SSSR count). The molecule has 0 bridgehead atoms. The monoisotopic (exact) mass is 310 g/mol. The Balaban J connectivity index is 1.82. The summed E-state index contributed by atoms with van der Waals surface area (Å²) in [5.41, 5.74) is 1.75. The maximum Gasteiger partial charge on any atom is 0.255 e. The lowest BCUT2D eigenvalue weighted by atomic mass is 10.1. The number of carbonyl (C=O) groups is 1. The molecule has 1 aliphatic carbocycles. The fraction of sp³-hybridized carbons (Fsp3) is 0.368. The molecule has 0 N–H and O–H groups in total. The van der Waals surface area contributed by atoms with Crippen molar-refractivity contribution in [3.8, 4) is 5.88 Å². The van der Waals surface area contributed by atoms with Crippen LogP contribution in [0.5, 0.6) is 5.88 Å². The van der Waals surface area contributed by atoms with Crippen LogP contribution in [0.1, 0.15) is 35.7 Å². The molecular weight excluding hydrogens is 288 g/mol. The average molecular weight is 310 g/mol. The van der Waals surface area contributed by atoms with Crippen LogP contribution in [0.15, 0.2) is 48.7 Å². The van der Waals surface area contributed by atoms with Gasteiger partial charge in [-0.3, -0.25) is 4.79 Å². The fourth-order valence-corrected chi connectivity index (χ4v) is 2.81. The van der Waals surface area contributed by atoms with E-state index in [9.17, 15) is 4.79 Å². The smallest absolute Gasteiger partial charge is 0.255 e. The molecule has 1 aromatic heterocycles. The van der Waals surface area contributed by atoms with E-state index in [0.717, 1.165) is 5.56 Å². The molecule has 0 radical (unpaired) electrons. The van der Waals surface area contributed by atoms with Gasteiger partial charge in [-0.15, -0.1) is 0 Å². The maximum absolute atomic E-state index is 13.0. The second-order valence-corrected chi connectivity index (χ2v) is 6.09. The number of hydrogen-bond acceptors (Lipinski definition) is 3. The highest BCUT2D eigenvalue weighted by Gasteiger charge is 2.34. The minimum Gasteiger partial charge on any atom is -0.481 e. The molecule has 1 unspecified atom stereocenters. The van der Waals surface area contributed by atoms with E-state index in [4.69, 9.17) is 4.74 Å². The number of pyridine rings is 1. The van der Waals surface area contributed by atoms with Gasteiger partial charge in [0.2, 0.25) is 5.88 Å². The van der Waals surface area contributed by atoms with Crippen LogP contribution in [0.3, 0.4) is 0 Å². The predicted molar refractivity (Wildman–Crippen MR) is 89.3 cm³/mol. The zero-order valence-corrected chi connectivity index (χ0v) is 13.6. The number of methoxy groups -OCH3 is 1. The Labute approximate surface area is 137 Å². The van der Waals surface area contributed by atoms with Crippen LogP contribution < -0.4 is 4.74 Å². The van der Waals surface area contributed by atoms with Gasteiger partial charge in [0.05, 0.1) is 12.7 Å². The number of carbonyl (C=O) groups excluding carboxylic acids is 1. The Kier molecular flexibility index (Phi) is 4.60. The molecule has 0 aliphatic heterocycles. The average Bonchev–Trinajstić information content (AvgIpc) is 3.44. The van der Waals surface area contributed by atoms with Crippen molar-refractivity contribution < 1.29 is 9.53 Å². The van der Waals surface area contributed by atoms with E-state index in [2.05, 4.69) is 24.0 Å². The van der Waals surface area contributed by atoms with Crippen molar-refractivity contribution in [2.24, 2.45) is 5.92 Å². The molecule has 1 heterocycles. The van der Waals surface area contributed by atoms with Crippen LogP contribution >= 0.6 is 0 Å². The van der Waals surface area contributed by atoms with E-state index in [0.29, 0.717) is 23.9 Å². The summed E-state index contributed by atoms with van der Waals surface area (Å²) in [6, 6.07) is 13.9. The van der Waals surface area contributed by atoms with Crippen molar-refractivity contribution in [3.63, 3.8) is 0 Å². The summed E-state index contributed by atoms with van der Waals surface area (Å²) in [6.07, 6.45) is 4.01. The summed E-state index contributed by atoms with van der Waals surface area (Å²) in [6.45, 7) is 2.78. The van der Waals surface area contributed by atoms with Crippen molar-refractivity contribution in [1.29, 1.82) is 0 Å². The number of nitrogens with zero attached hydrogens (tertiary/aromatic N) is 2. The molecule has 1 saturated carbocycles. The second kappa shape index (κ2) is 6.82. The van der Waals surface area contributed by atoms with Gasteiger partial charge < -0.3 is 9.64 Å². The van der Waals surface area contributed by atoms with Gasteiger partial charge in [-0.2, -0.15) is 0 Å². The van der Waals surface area contributed by atoms with Gasteiger partial charge in [0.1, 0.15) is 0 Å². The lowest BCUT2D eigenvalue weighted by molar-refractivity contribution is 0.0654. The largest absolute Gasteiger partial charge is 0.481 e. The minimum atomic E-state index is 0.0309. The van der Waals surface area contributed by atoms with Gasteiger partial charge in [0, 0.05) is 24.8 Å². The van der Waals surface area contributed by atoms with Crippen LogP contribution in [0.4, 0.5) is 0 Å². The number of benzene rings is 1. The molecule has 1 aromatic carbocycles. The van der Waals surface area contributed by atoms with Crippen molar-refractivity contribution in [3.05, 3.63) is 59.8 Å². The molecule has 1 aliphatic rings. The molecule has 1 amide bonds. The summed E-state index contributed by atoms with van der Waals surface area (Å²) in [5.74, 6) is 1.17. The van der Waals surface area contributed by atoms with Crippen LogP contribution in [-0.4, -0.2) is 28.9 Å². The molecule has 2 aromatic rings. The summed E-state index contributed by atoms with van der Waals surface area (Å²) in [4.78, 5) is 19.1. The fourth-order valence-electron chi connectivity index (χ4n) is 2.81. The molecule has 0 saturated heterocycles. The minimum absolute atomic E-state index is 0.0309. The van der Waals surface area contributed by atoms with Gasteiger partial charge in [-0.25, -0.2) is 4.98 Å². The van der Waals surface area contributed by atoms with E-state index >= 15 is 0 Å². The Morgan fingerprint density at radius 1 is 1.26 bits per heavy atom. The van der Waals surface area contributed by atoms with Gasteiger partial charge in [0.25, 0.3) is 5.91 Å². The highest BCUT2D eigenvalue weighted by atomic mass is 16.5. The SMILES string of the molecule is COc1ccc(C(=O)N(Cc2ccccc2)C(C)C2CC2)cn1. The van der Waals surface area contributed by atoms with E-state index in [1.54, 1.807) is 25.4 Å². The Morgan fingerprint density at radius 2 is 2.00 bits per heavy atom. The third-order valence-corrected chi connectivity index (χ3v) is 4.44. The topological polar surface area (TPSA) is 42.4 Å². The molecular formula is C19H22N2O2. The summed E-state index contributed by atoms with van der Waals surface area (Å²) in [5, 5.41) is 0. The van der Waals surface area contributed by atoms with Crippen molar-refractivity contribution in [2.45, 2.75) is 32.4 Å². The molecule has 4 heteroatoms. The molecule has 120 valence electrons. The number of ether oxygens (including phenoxy) is 1. The first-order chi connectivity index (χ1) is 11.2. The van der Waals surface area contributed by atoms with E-state index in [-0.39, 0.29) is 11.9 Å². The summed E-state index contributed by atoms with van der Waals surface area (Å²) < 4.78 is 5.06.